The van der Waals surface area contributed by atoms with Crippen LogP contribution in [-0.2, 0) is 11.2 Å². The number of halogens is 1. The molecule has 0 unspecified atom stereocenters. The number of anilines is 1. The minimum Gasteiger partial charge on any atom is -0.508 e. The molecule has 0 saturated heterocycles. The predicted molar refractivity (Wildman–Crippen MR) is 76.6 cm³/mol. The Bertz CT molecular complexity index is 594. The van der Waals surface area contributed by atoms with Crippen molar-refractivity contribution in [1.29, 1.82) is 0 Å². The van der Waals surface area contributed by atoms with Crippen molar-refractivity contribution in [3.63, 3.8) is 0 Å². The minimum atomic E-state index is -0.120. The molecular weight excluding hydrogens is 262 g/mol. The number of carbonyl (C=O) groups excluding carboxylic acids is 1. The molecule has 3 nitrogen and oxygen atoms in total. The first-order chi connectivity index (χ1) is 9.04. The average molecular weight is 276 g/mol. The van der Waals surface area contributed by atoms with Crippen LogP contribution in [0.25, 0.3) is 0 Å². The van der Waals surface area contributed by atoms with Gasteiger partial charge in [-0.25, -0.2) is 0 Å². The van der Waals surface area contributed by atoms with Gasteiger partial charge in [-0.3, -0.25) is 4.79 Å². The molecule has 0 aromatic heterocycles. The van der Waals surface area contributed by atoms with E-state index in [0.717, 1.165) is 11.1 Å². The Morgan fingerprint density at radius 2 is 1.89 bits per heavy atom. The van der Waals surface area contributed by atoms with Gasteiger partial charge in [0.25, 0.3) is 0 Å². The highest BCUT2D eigenvalue weighted by Gasteiger charge is 2.05. The highest BCUT2D eigenvalue weighted by atomic mass is 35.5. The smallest absolute Gasteiger partial charge is 0.228 e. The maximum absolute atomic E-state index is 11.8. The van der Waals surface area contributed by atoms with Gasteiger partial charge in [-0.05, 0) is 42.3 Å². The van der Waals surface area contributed by atoms with Crippen LogP contribution < -0.4 is 5.32 Å². The number of phenolic OH excluding ortho intramolecular Hbond substituents is 1. The van der Waals surface area contributed by atoms with Crippen molar-refractivity contribution in [2.75, 3.05) is 5.32 Å². The SMILES string of the molecule is Cc1ccc(NC(=O)Cc2ccc(O)cc2)cc1Cl. The summed E-state index contributed by atoms with van der Waals surface area (Å²) in [6.07, 6.45) is 0.256. The molecule has 2 N–H and O–H groups in total. The van der Waals surface area contributed by atoms with Crippen LogP contribution in [0, 0.1) is 6.92 Å². The van der Waals surface area contributed by atoms with Crippen LogP contribution in [0.3, 0.4) is 0 Å². The van der Waals surface area contributed by atoms with Crippen LogP contribution in [0.2, 0.25) is 5.02 Å². The van der Waals surface area contributed by atoms with E-state index in [2.05, 4.69) is 5.32 Å². The fourth-order valence-corrected chi connectivity index (χ4v) is 1.86. The Kier molecular flexibility index (Phi) is 4.07. The summed E-state index contributed by atoms with van der Waals surface area (Å²) in [5.74, 6) is 0.0695. The van der Waals surface area contributed by atoms with Gasteiger partial charge in [0.05, 0.1) is 6.42 Å². The molecule has 0 saturated carbocycles. The Hall–Kier alpha value is -2.00. The summed E-state index contributed by atoms with van der Waals surface area (Å²) < 4.78 is 0. The molecule has 0 fully saturated rings. The van der Waals surface area contributed by atoms with Crippen molar-refractivity contribution < 1.29 is 9.90 Å². The first-order valence-electron chi connectivity index (χ1n) is 5.88. The largest absolute Gasteiger partial charge is 0.508 e. The molecule has 0 atom stereocenters. The standard InChI is InChI=1S/C15H14ClNO2/c1-10-2-5-12(9-14(10)16)17-15(19)8-11-3-6-13(18)7-4-11/h2-7,9,18H,8H2,1H3,(H,17,19). The monoisotopic (exact) mass is 275 g/mol. The van der Waals surface area contributed by atoms with E-state index in [9.17, 15) is 4.79 Å². The zero-order valence-electron chi connectivity index (χ0n) is 10.5. The van der Waals surface area contributed by atoms with Crippen LogP contribution in [-0.4, -0.2) is 11.0 Å². The third-order valence-corrected chi connectivity index (χ3v) is 3.16. The van der Waals surface area contributed by atoms with Crippen LogP contribution in [0.4, 0.5) is 5.69 Å². The lowest BCUT2D eigenvalue weighted by Crippen LogP contribution is -2.14. The molecular formula is C15H14ClNO2. The number of aryl methyl sites for hydroxylation is 1. The van der Waals surface area contributed by atoms with Crippen LogP contribution in [0.15, 0.2) is 42.5 Å². The Morgan fingerprint density at radius 1 is 1.21 bits per heavy atom. The van der Waals surface area contributed by atoms with Crippen molar-refractivity contribution >= 4 is 23.2 Å². The maximum atomic E-state index is 11.8. The zero-order valence-corrected chi connectivity index (χ0v) is 11.2. The topological polar surface area (TPSA) is 49.3 Å². The molecule has 0 aliphatic carbocycles. The highest BCUT2D eigenvalue weighted by molar-refractivity contribution is 6.31. The molecule has 0 bridgehead atoms. The van der Waals surface area contributed by atoms with Gasteiger partial charge in [-0.1, -0.05) is 29.8 Å². The van der Waals surface area contributed by atoms with Crippen molar-refractivity contribution in [2.45, 2.75) is 13.3 Å². The summed E-state index contributed by atoms with van der Waals surface area (Å²) >= 11 is 6.00. The predicted octanol–water partition coefficient (Wildman–Crippen LogP) is 3.54. The molecule has 98 valence electrons. The first kappa shape index (κ1) is 13.4. The second-order valence-electron chi connectivity index (χ2n) is 4.36. The van der Waals surface area contributed by atoms with Gasteiger partial charge in [0.2, 0.25) is 5.91 Å². The summed E-state index contributed by atoms with van der Waals surface area (Å²) in [6.45, 7) is 1.91. The van der Waals surface area contributed by atoms with Crippen molar-refractivity contribution in [2.24, 2.45) is 0 Å². The van der Waals surface area contributed by atoms with Gasteiger partial charge in [0, 0.05) is 10.7 Å². The quantitative estimate of drug-likeness (QED) is 0.900. The van der Waals surface area contributed by atoms with E-state index in [1.165, 1.54) is 0 Å². The summed E-state index contributed by atoms with van der Waals surface area (Å²) in [5, 5.41) is 12.6. The van der Waals surface area contributed by atoms with Crippen LogP contribution >= 0.6 is 11.6 Å². The maximum Gasteiger partial charge on any atom is 0.228 e. The second kappa shape index (κ2) is 5.76. The summed E-state index contributed by atoms with van der Waals surface area (Å²) in [4.78, 5) is 11.8. The van der Waals surface area contributed by atoms with Crippen molar-refractivity contribution in [3.8, 4) is 5.75 Å². The third-order valence-electron chi connectivity index (χ3n) is 2.76. The van der Waals surface area contributed by atoms with E-state index in [0.29, 0.717) is 10.7 Å². The van der Waals surface area contributed by atoms with Crippen molar-refractivity contribution in [3.05, 3.63) is 58.6 Å². The molecule has 19 heavy (non-hydrogen) atoms. The molecule has 0 radical (unpaired) electrons. The molecule has 1 amide bonds. The van der Waals surface area contributed by atoms with Gasteiger partial charge in [-0.2, -0.15) is 0 Å². The Balaban J connectivity index is 2.01. The number of carbonyl (C=O) groups is 1. The fraction of sp³-hybridized carbons (Fsp3) is 0.133. The molecule has 2 aromatic rings. The van der Waals surface area contributed by atoms with Crippen LogP contribution in [0.5, 0.6) is 5.75 Å². The molecule has 2 aromatic carbocycles. The third kappa shape index (κ3) is 3.73. The van der Waals surface area contributed by atoms with E-state index in [1.54, 1.807) is 30.3 Å². The van der Waals surface area contributed by atoms with Crippen LogP contribution in [0.1, 0.15) is 11.1 Å². The lowest BCUT2D eigenvalue weighted by atomic mass is 10.1. The lowest BCUT2D eigenvalue weighted by Gasteiger charge is -2.07. The molecule has 0 aliphatic heterocycles. The van der Waals surface area contributed by atoms with E-state index in [-0.39, 0.29) is 18.1 Å². The van der Waals surface area contributed by atoms with Crippen molar-refractivity contribution in [1.82, 2.24) is 0 Å². The van der Waals surface area contributed by atoms with Gasteiger partial charge in [0.1, 0.15) is 5.75 Å². The fourth-order valence-electron chi connectivity index (χ4n) is 1.67. The number of benzene rings is 2. The number of nitrogens with one attached hydrogen (secondary N) is 1. The van der Waals surface area contributed by atoms with Gasteiger partial charge < -0.3 is 10.4 Å². The number of amides is 1. The molecule has 0 aliphatic rings. The number of hydrogen-bond acceptors (Lipinski definition) is 2. The number of aromatic hydroxyl groups is 1. The van der Waals surface area contributed by atoms with Gasteiger partial charge in [-0.15, -0.1) is 0 Å². The Morgan fingerprint density at radius 3 is 2.53 bits per heavy atom. The minimum absolute atomic E-state index is 0.120. The van der Waals surface area contributed by atoms with E-state index in [4.69, 9.17) is 16.7 Å². The van der Waals surface area contributed by atoms with E-state index in [1.807, 2.05) is 19.1 Å². The summed E-state index contributed by atoms with van der Waals surface area (Å²) in [7, 11) is 0. The number of phenols is 1. The van der Waals surface area contributed by atoms with E-state index < -0.39 is 0 Å². The molecule has 4 heteroatoms. The second-order valence-corrected chi connectivity index (χ2v) is 4.76. The Labute approximate surface area is 116 Å². The zero-order chi connectivity index (χ0) is 13.8. The van der Waals surface area contributed by atoms with E-state index >= 15 is 0 Å². The summed E-state index contributed by atoms with van der Waals surface area (Å²) in [6, 6.07) is 12.0. The molecule has 0 spiro atoms. The van der Waals surface area contributed by atoms with Gasteiger partial charge in [0.15, 0.2) is 0 Å². The lowest BCUT2D eigenvalue weighted by molar-refractivity contribution is -0.115. The molecule has 2 rings (SSSR count). The number of rotatable bonds is 3. The highest BCUT2D eigenvalue weighted by Crippen LogP contribution is 2.20. The molecule has 0 heterocycles. The average Bonchev–Trinajstić information content (AvgIpc) is 2.37. The van der Waals surface area contributed by atoms with Gasteiger partial charge >= 0.3 is 0 Å². The number of hydrogen-bond donors (Lipinski definition) is 2. The summed E-state index contributed by atoms with van der Waals surface area (Å²) in [5.41, 5.74) is 2.49. The normalized spacial score (nSPS) is 10.2. The first-order valence-corrected chi connectivity index (χ1v) is 6.26.